The van der Waals surface area contributed by atoms with Crippen molar-refractivity contribution in [3.05, 3.63) is 35.9 Å². The average Bonchev–Trinajstić information content (AvgIpc) is 2.49. The van der Waals surface area contributed by atoms with Crippen molar-refractivity contribution < 1.29 is 14.2 Å². The van der Waals surface area contributed by atoms with Gasteiger partial charge in [0, 0.05) is 6.07 Å². The van der Waals surface area contributed by atoms with Crippen LogP contribution in [0.15, 0.2) is 30.3 Å². The smallest absolute Gasteiger partial charge is 0.240 e. The molecule has 2 N–H and O–H groups in total. The molecule has 0 saturated carbocycles. The molecule has 0 bridgehead atoms. The summed E-state index contributed by atoms with van der Waals surface area (Å²) in [5.41, 5.74) is 7.36. The molecule has 0 aliphatic heterocycles. The second kappa shape index (κ2) is 6.14. The highest BCUT2D eigenvalue weighted by molar-refractivity contribution is 5.50. The first-order valence-electron chi connectivity index (χ1n) is 6.33. The number of aromatic nitrogens is 1. The van der Waals surface area contributed by atoms with Gasteiger partial charge in [0.05, 0.1) is 19.9 Å². The Balaban J connectivity index is 2.29. The number of nitrogens with zero attached hydrogens (tertiary/aromatic N) is 1. The average molecular weight is 274 g/mol. The van der Waals surface area contributed by atoms with Crippen molar-refractivity contribution in [1.29, 1.82) is 0 Å². The molecule has 0 spiro atoms. The second-order valence-electron chi connectivity index (χ2n) is 4.19. The predicted molar refractivity (Wildman–Crippen MR) is 77.6 cm³/mol. The van der Waals surface area contributed by atoms with Gasteiger partial charge in [-0.25, -0.2) is 0 Å². The minimum Gasteiger partial charge on any atom is -0.493 e. The van der Waals surface area contributed by atoms with Gasteiger partial charge in [-0.1, -0.05) is 13.0 Å². The maximum atomic E-state index is 5.73. The largest absolute Gasteiger partial charge is 0.493 e. The summed E-state index contributed by atoms with van der Waals surface area (Å²) in [5, 5.41) is 0. The van der Waals surface area contributed by atoms with Gasteiger partial charge in [0.25, 0.3) is 0 Å². The molecule has 0 aliphatic rings. The zero-order valence-electron chi connectivity index (χ0n) is 11.8. The lowest BCUT2D eigenvalue weighted by molar-refractivity contribution is 0.363. The van der Waals surface area contributed by atoms with Gasteiger partial charge in [0.1, 0.15) is 0 Å². The van der Waals surface area contributed by atoms with Crippen LogP contribution in [0.4, 0.5) is 5.69 Å². The van der Waals surface area contributed by atoms with Crippen LogP contribution in [0.25, 0.3) is 0 Å². The molecule has 0 atom stereocenters. The highest BCUT2D eigenvalue weighted by Crippen LogP contribution is 2.33. The molecule has 1 aromatic heterocycles. The van der Waals surface area contributed by atoms with Crippen LogP contribution in [-0.4, -0.2) is 19.2 Å². The van der Waals surface area contributed by atoms with Gasteiger partial charge < -0.3 is 19.9 Å². The van der Waals surface area contributed by atoms with Crippen LogP contribution in [0.3, 0.4) is 0 Å². The summed E-state index contributed by atoms with van der Waals surface area (Å²) in [6.45, 7) is 2.09. The van der Waals surface area contributed by atoms with E-state index in [0.717, 1.165) is 6.42 Å². The minimum atomic E-state index is 0.339. The lowest BCUT2D eigenvalue weighted by Gasteiger charge is -2.12. The van der Waals surface area contributed by atoms with Crippen LogP contribution >= 0.6 is 0 Å². The fourth-order valence-electron chi connectivity index (χ4n) is 1.78. The Morgan fingerprint density at radius 1 is 1.05 bits per heavy atom. The highest BCUT2D eigenvalue weighted by Gasteiger charge is 2.09. The fraction of sp³-hybridized carbons (Fsp3) is 0.267. The molecule has 0 unspecified atom stereocenters. The molecule has 0 amide bonds. The molecule has 2 aromatic rings. The monoisotopic (exact) mass is 274 g/mol. The molecule has 1 aromatic carbocycles. The Bertz CT molecular complexity index is 600. The van der Waals surface area contributed by atoms with Crippen molar-refractivity contribution in [3.8, 4) is 23.3 Å². The lowest BCUT2D eigenvalue weighted by atomic mass is 10.1. The van der Waals surface area contributed by atoms with Crippen molar-refractivity contribution in [2.24, 2.45) is 0 Å². The highest BCUT2D eigenvalue weighted by atomic mass is 16.5. The summed E-state index contributed by atoms with van der Waals surface area (Å²) in [6, 6.07) is 9.18. The molecule has 20 heavy (non-hydrogen) atoms. The van der Waals surface area contributed by atoms with Crippen molar-refractivity contribution >= 4 is 5.69 Å². The van der Waals surface area contributed by atoms with Crippen LogP contribution in [0.1, 0.15) is 12.5 Å². The van der Waals surface area contributed by atoms with E-state index in [1.54, 1.807) is 19.2 Å². The van der Waals surface area contributed by atoms with Crippen LogP contribution in [-0.2, 0) is 6.42 Å². The third-order valence-corrected chi connectivity index (χ3v) is 2.91. The number of anilines is 1. The Labute approximate surface area is 118 Å². The van der Waals surface area contributed by atoms with E-state index in [1.807, 2.05) is 18.2 Å². The zero-order valence-corrected chi connectivity index (χ0v) is 11.8. The Morgan fingerprint density at radius 3 is 2.50 bits per heavy atom. The van der Waals surface area contributed by atoms with Gasteiger partial charge in [-0.05, 0) is 30.2 Å². The van der Waals surface area contributed by atoms with Gasteiger partial charge >= 0.3 is 0 Å². The number of ether oxygens (including phenoxy) is 3. The molecule has 106 valence electrons. The Hall–Kier alpha value is -2.43. The van der Waals surface area contributed by atoms with E-state index < -0.39 is 0 Å². The van der Waals surface area contributed by atoms with E-state index in [4.69, 9.17) is 19.9 Å². The first-order chi connectivity index (χ1) is 9.67. The SMILES string of the molecule is CCc1ccc(Oc2ccc(N)c(OC)n2)c(OC)c1. The predicted octanol–water partition coefficient (Wildman–Crippen LogP) is 3.04. The number of hydrogen-bond acceptors (Lipinski definition) is 5. The van der Waals surface area contributed by atoms with E-state index in [2.05, 4.69) is 11.9 Å². The maximum Gasteiger partial charge on any atom is 0.240 e. The molecule has 1 heterocycles. The number of nitrogen functional groups attached to an aromatic ring is 1. The van der Waals surface area contributed by atoms with Crippen molar-refractivity contribution in [2.75, 3.05) is 20.0 Å². The minimum absolute atomic E-state index is 0.339. The number of methoxy groups -OCH3 is 2. The third-order valence-electron chi connectivity index (χ3n) is 2.91. The van der Waals surface area contributed by atoms with Crippen LogP contribution in [0.5, 0.6) is 23.3 Å². The molecule has 0 radical (unpaired) electrons. The van der Waals surface area contributed by atoms with Crippen molar-refractivity contribution in [3.63, 3.8) is 0 Å². The van der Waals surface area contributed by atoms with Crippen LogP contribution in [0.2, 0.25) is 0 Å². The molecule has 0 fully saturated rings. The summed E-state index contributed by atoms with van der Waals surface area (Å²) < 4.78 is 16.1. The number of benzene rings is 1. The number of aryl methyl sites for hydroxylation is 1. The van der Waals surface area contributed by atoms with E-state index in [0.29, 0.717) is 28.9 Å². The quantitative estimate of drug-likeness (QED) is 0.907. The summed E-state index contributed by atoms with van der Waals surface area (Å²) in [4.78, 5) is 4.18. The molecule has 5 heteroatoms. The van der Waals surface area contributed by atoms with E-state index >= 15 is 0 Å². The van der Waals surface area contributed by atoms with E-state index in [-0.39, 0.29) is 0 Å². The third kappa shape index (κ3) is 2.93. The molecular weight excluding hydrogens is 256 g/mol. The summed E-state index contributed by atoms with van der Waals surface area (Å²) in [6.07, 6.45) is 0.935. The number of hydrogen-bond donors (Lipinski definition) is 1. The normalized spacial score (nSPS) is 10.2. The zero-order chi connectivity index (χ0) is 14.5. The summed E-state index contributed by atoms with van der Waals surface area (Å²) >= 11 is 0. The molecule has 0 aliphatic carbocycles. The maximum absolute atomic E-state index is 5.73. The van der Waals surface area contributed by atoms with Gasteiger partial charge in [0.15, 0.2) is 11.5 Å². The van der Waals surface area contributed by atoms with Crippen molar-refractivity contribution in [1.82, 2.24) is 4.98 Å². The van der Waals surface area contributed by atoms with Gasteiger partial charge in [0.2, 0.25) is 11.8 Å². The molecule has 5 nitrogen and oxygen atoms in total. The first kappa shape index (κ1) is 14.0. The lowest BCUT2D eigenvalue weighted by Crippen LogP contribution is -1.98. The molecule has 0 saturated heterocycles. The Morgan fingerprint density at radius 2 is 1.85 bits per heavy atom. The standard InChI is InChI=1S/C15H18N2O3/c1-4-10-5-7-12(13(9-10)18-2)20-14-8-6-11(16)15(17-14)19-3/h5-9H,4,16H2,1-3H3. The van der Waals surface area contributed by atoms with Gasteiger partial charge in [-0.3, -0.25) is 0 Å². The van der Waals surface area contributed by atoms with Crippen LogP contribution in [0, 0.1) is 0 Å². The second-order valence-corrected chi connectivity index (χ2v) is 4.19. The van der Waals surface area contributed by atoms with E-state index in [9.17, 15) is 0 Å². The first-order valence-corrected chi connectivity index (χ1v) is 6.33. The van der Waals surface area contributed by atoms with Gasteiger partial charge in [-0.2, -0.15) is 4.98 Å². The molecular formula is C15H18N2O3. The summed E-state index contributed by atoms with van der Waals surface area (Å²) in [7, 11) is 3.12. The number of pyridine rings is 1. The topological polar surface area (TPSA) is 66.6 Å². The fourth-order valence-corrected chi connectivity index (χ4v) is 1.78. The van der Waals surface area contributed by atoms with Crippen molar-refractivity contribution in [2.45, 2.75) is 13.3 Å². The van der Waals surface area contributed by atoms with Gasteiger partial charge in [-0.15, -0.1) is 0 Å². The molecule has 2 rings (SSSR count). The van der Waals surface area contributed by atoms with E-state index in [1.165, 1.54) is 12.7 Å². The summed E-state index contributed by atoms with van der Waals surface area (Å²) in [5.74, 6) is 2.01. The van der Waals surface area contributed by atoms with Crippen LogP contribution < -0.4 is 19.9 Å². The number of rotatable bonds is 5. The Kier molecular flexibility index (Phi) is 4.30. The number of nitrogens with two attached hydrogens (primary N) is 1.